The number of nitro groups is 2. The Hall–Kier alpha value is -8.08. The minimum atomic E-state index is -2.22. The van der Waals surface area contributed by atoms with Crippen molar-refractivity contribution in [2.45, 2.75) is 87.8 Å². The highest BCUT2D eigenvalue weighted by atomic mass is 16.8. The fraction of sp³-hybridized carbons (Fsp3) is 0.279. The molecule has 2 heterocycles. The minimum absolute atomic E-state index is 0.00389. The summed E-state index contributed by atoms with van der Waals surface area (Å²) in [4.78, 5) is 49.2. The standard InChI is InChI=1S/C61H58N2O17/c64-41-61(57(75-38-46-24-14-5-15-25-46)54(72-35-43-18-8-2-9-19-43)52(79-61)40-77-59(66)48-28-32-50(33-29-48)63(69)70)80-60-56(74-37-45-22-12-4-13-23-45)55(73-36-44-20-10-3-11-21-44)53(71-34-42-16-6-1-7-17-42)51(78-60)39-76-58(65)47-26-30-49(31-27-47)62(67)68/h1-33,51-57,60,64H,34-41H2/t51-,52-,53-,54-,55+,56-,57+,60-,61+/m1/s1. The number of aliphatic hydroxyl groups excluding tert-OH is 1. The van der Waals surface area contributed by atoms with E-state index in [1.165, 1.54) is 48.5 Å². The van der Waals surface area contributed by atoms with Gasteiger partial charge in [0.25, 0.3) is 11.4 Å². The van der Waals surface area contributed by atoms with Crippen LogP contribution >= 0.6 is 0 Å². The van der Waals surface area contributed by atoms with Crippen molar-refractivity contribution in [3.8, 4) is 0 Å². The van der Waals surface area contributed by atoms with Crippen molar-refractivity contribution in [1.29, 1.82) is 0 Å². The van der Waals surface area contributed by atoms with Gasteiger partial charge in [0.2, 0.25) is 5.79 Å². The first-order valence-corrected chi connectivity index (χ1v) is 25.8. The molecule has 0 unspecified atom stereocenters. The topological polar surface area (TPSA) is 233 Å². The van der Waals surface area contributed by atoms with Gasteiger partial charge in [0.1, 0.15) is 62.5 Å². The molecule has 9 rings (SSSR count). The number of benzene rings is 7. The van der Waals surface area contributed by atoms with Gasteiger partial charge >= 0.3 is 11.9 Å². The number of esters is 2. The van der Waals surface area contributed by atoms with Crippen molar-refractivity contribution in [3.63, 3.8) is 0 Å². The summed E-state index contributed by atoms with van der Waals surface area (Å²) in [5, 5.41) is 34.8. The predicted molar refractivity (Wildman–Crippen MR) is 286 cm³/mol. The van der Waals surface area contributed by atoms with E-state index in [4.69, 9.17) is 47.4 Å². The number of aliphatic hydroxyl groups is 1. The number of nitrogens with zero attached hydrogens (tertiary/aromatic N) is 2. The Labute approximate surface area is 460 Å². The van der Waals surface area contributed by atoms with Gasteiger partial charge in [0, 0.05) is 24.3 Å². The summed E-state index contributed by atoms with van der Waals surface area (Å²) in [6, 6.07) is 56.5. The van der Waals surface area contributed by atoms with Crippen molar-refractivity contribution in [1.82, 2.24) is 0 Å². The number of ether oxygens (including phenoxy) is 10. The van der Waals surface area contributed by atoms with Crippen LogP contribution in [0.3, 0.4) is 0 Å². The molecule has 19 heteroatoms. The van der Waals surface area contributed by atoms with Crippen LogP contribution in [0.25, 0.3) is 0 Å². The Morgan fingerprint density at radius 1 is 0.450 bits per heavy atom. The van der Waals surface area contributed by atoms with E-state index >= 15 is 0 Å². The fourth-order valence-corrected chi connectivity index (χ4v) is 9.26. The first-order chi connectivity index (χ1) is 39.1. The monoisotopic (exact) mass is 1090 g/mol. The molecule has 7 aromatic rings. The van der Waals surface area contributed by atoms with Crippen LogP contribution in [0.4, 0.5) is 11.4 Å². The maximum absolute atomic E-state index is 13.8. The molecule has 0 aromatic heterocycles. The van der Waals surface area contributed by atoms with Crippen LogP contribution in [0.1, 0.15) is 48.5 Å². The van der Waals surface area contributed by atoms with Crippen LogP contribution in [0.5, 0.6) is 0 Å². The van der Waals surface area contributed by atoms with E-state index in [1.54, 1.807) is 0 Å². The summed E-state index contributed by atoms with van der Waals surface area (Å²) in [6.07, 6.45) is -9.89. The van der Waals surface area contributed by atoms with Gasteiger partial charge in [0.15, 0.2) is 6.29 Å². The van der Waals surface area contributed by atoms with Crippen LogP contribution < -0.4 is 0 Å². The molecular formula is C61H58N2O17. The second-order valence-electron chi connectivity index (χ2n) is 18.9. The molecule has 2 fully saturated rings. The maximum Gasteiger partial charge on any atom is 0.338 e. The zero-order valence-corrected chi connectivity index (χ0v) is 43.2. The minimum Gasteiger partial charge on any atom is -0.459 e. The lowest BCUT2D eigenvalue weighted by molar-refractivity contribution is -0.395. The zero-order chi connectivity index (χ0) is 55.7. The van der Waals surface area contributed by atoms with Crippen molar-refractivity contribution in [2.75, 3.05) is 19.8 Å². The van der Waals surface area contributed by atoms with E-state index in [9.17, 15) is 34.9 Å². The molecule has 0 aliphatic carbocycles. The number of non-ortho nitro benzene ring substituents is 2. The van der Waals surface area contributed by atoms with Crippen LogP contribution in [0.2, 0.25) is 0 Å². The molecule has 0 amide bonds. The van der Waals surface area contributed by atoms with Crippen molar-refractivity contribution >= 4 is 23.3 Å². The van der Waals surface area contributed by atoms with E-state index < -0.39 is 96.4 Å². The highest BCUT2D eigenvalue weighted by Gasteiger charge is 2.62. The van der Waals surface area contributed by atoms with Crippen LogP contribution in [-0.4, -0.2) is 102 Å². The maximum atomic E-state index is 13.8. The van der Waals surface area contributed by atoms with Gasteiger partial charge in [-0.25, -0.2) is 9.59 Å². The highest BCUT2D eigenvalue weighted by molar-refractivity contribution is 5.90. The van der Waals surface area contributed by atoms with Crippen molar-refractivity contribution < 1.29 is 71.9 Å². The molecule has 1 N–H and O–H groups in total. The normalized spacial score (nSPS) is 22.5. The van der Waals surface area contributed by atoms with E-state index in [0.717, 1.165) is 27.8 Å². The first-order valence-electron chi connectivity index (χ1n) is 25.8. The van der Waals surface area contributed by atoms with Crippen LogP contribution in [-0.2, 0) is 80.4 Å². The lowest BCUT2D eigenvalue weighted by Crippen LogP contribution is -2.64. The second kappa shape index (κ2) is 27.7. The number of hydrogen-bond donors (Lipinski definition) is 1. The zero-order valence-electron chi connectivity index (χ0n) is 43.2. The molecule has 2 aliphatic rings. The largest absolute Gasteiger partial charge is 0.459 e. The highest BCUT2D eigenvalue weighted by Crippen LogP contribution is 2.42. The third-order valence-electron chi connectivity index (χ3n) is 13.4. The Morgan fingerprint density at radius 2 is 0.800 bits per heavy atom. The van der Waals surface area contributed by atoms with Gasteiger partial charge in [-0.05, 0) is 52.1 Å². The van der Waals surface area contributed by atoms with Gasteiger partial charge in [-0.2, -0.15) is 0 Å². The van der Waals surface area contributed by atoms with E-state index in [0.29, 0.717) is 0 Å². The van der Waals surface area contributed by atoms with Gasteiger partial charge in [-0.3, -0.25) is 20.2 Å². The first kappa shape index (κ1) is 56.6. The second-order valence-corrected chi connectivity index (χ2v) is 18.9. The number of carbonyl (C=O) groups excluding carboxylic acids is 2. The Morgan fingerprint density at radius 3 is 1.19 bits per heavy atom. The third-order valence-corrected chi connectivity index (χ3v) is 13.4. The molecule has 2 saturated heterocycles. The smallest absolute Gasteiger partial charge is 0.338 e. The van der Waals surface area contributed by atoms with E-state index in [2.05, 4.69) is 0 Å². The number of rotatable bonds is 26. The molecule has 0 bridgehead atoms. The summed E-state index contributed by atoms with van der Waals surface area (Å²) in [5.41, 5.74) is 3.50. The summed E-state index contributed by atoms with van der Waals surface area (Å²) in [7, 11) is 0. The average Bonchev–Trinajstić information content (AvgIpc) is 3.86. The molecule has 0 saturated carbocycles. The SMILES string of the molecule is O=C(OC[C@H]1O[C@@](CO)(O[C@H]2O[C@H](COC(=O)c3ccc([N+](=O)[O-])cc3)[C@@H](OCc3ccccc3)[C@H](OCc3ccccc3)[C@H]2OCc2ccccc2)[C@@H](OCc2ccccc2)[C@@H]1OCc1ccccc1)c1ccc([N+](=O)[O-])cc1. The summed E-state index contributed by atoms with van der Waals surface area (Å²) in [6.45, 7) is -1.82. The quantitative estimate of drug-likeness (QED) is 0.0302. The van der Waals surface area contributed by atoms with Crippen LogP contribution in [0.15, 0.2) is 200 Å². The molecule has 0 spiro atoms. The van der Waals surface area contributed by atoms with Gasteiger partial charge in [-0.1, -0.05) is 152 Å². The summed E-state index contributed by atoms with van der Waals surface area (Å²) in [5.74, 6) is -3.87. The predicted octanol–water partition coefficient (Wildman–Crippen LogP) is 9.27. The van der Waals surface area contributed by atoms with Gasteiger partial charge in [-0.15, -0.1) is 0 Å². The third kappa shape index (κ3) is 14.8. The summed E-state index contributed by atoms with van der Waals surface area (Å²) >= 11 is 0. The van der Waals surface area contributed by atoms with Gasteiger partial charge < -0.3 is 52.5 Å². The molecule has 2 aliphatic heterocycles. The fourth-order valence-electron chi connectivity index (χ4n) is 9.26. The molecular weight excluding hydrogens is 1030 g/mol. The summed E-state index contributed by atoms with van der Waals surface area (Å²) < 4.78 is 66.7. The molecule has 414 valence electrons. The molecule has 9 atom stereocenters. The van der Waals surface area contributed by atoms with Gasteiger partial charge in [0.05, 0.1) is 54.0 Å². The number of hydrogen-bond acceptors (Lipinski definition) is 17. The van der Waals surface area contributed by atoms with Crippen molar-refractivity contribution in [2.24, 2.45) is 0 Å². The molecule has 19 nitrogen and oxygen atoms in total. The Balaban J connectivity index is 1.11. The van der Waals surface area contributed by atoms with E-state index in [-0.39, 0.29) is 55.5 Å². The van der Waals surface area contributed by atoms with Crippen LogP contribution in [0, 0.1) is 20.2 Å². The Bertz CT molecular complexity index is 3070. The lowest BCUT2D eigenvalue weighted by Gasteiger charge is -2.48. The average molecular weight is 1090 g/mol. The van der Waals surface area contributed by atoms with Crippen molar-refractivity contribution in [3.05, 3.63) is 259 Å². The number of nitro benzene ring substituents is 2. The number of carbonyl (C=O) groups is 2. The molecule has 80 heavy (non-hydrogen) atoms. The molecule has 0 radical (unpaired) electrons. The molecule has 7 aromatic carbocycles. The lowest BCUT2D eigenvalue weighted by atomic mass is 9.97. The van der Waals surface area contributed by atoms with E-state index in [1.807, 2.05) is 152 Å². The Kier molecular flexibility index (Phi) is 19.6.